The smallest absolute Gasteiger partial charge is 0.253 e. The average molecular weight is 260 g/mol. The molecule has 2 aromatic heterocycles. The Morgan fingerprint density at radius 1 is 1.53 bits per heavy atom. The molecule has 0 radical (unpaired) electrons. The second kappa shape index (κ2) is 4.83. The molecule has 2 N–H and O–H groups in total. The van der Waals surface area contributed by atoms with Gasteiger partial charge in [0.1, 0.15) is 0 Å². The summed E-state index contributed by atoms with van der Waals surface area (Å²) < 4.78 is 1.86. The molecule has 3 rings (SSSR count). The Labute approximate surface area is 110 Å². The van der Waals surface area contributed by atoms with Crippen molar-refractivity contribution in [1.82, 2.24) is 30.5 Å². The summed E-state index contributed by atoms with van der Waals surface area (Å²) in [7, 11) is 1.90. The molecule has 2 atom stereocenters. The predicted molar refractivity (Wildman–Crippen MR) is 67.4 cm³/mol. The van der Waals surface area contributed by atoms with Gasteiger partial charge in [-0.3, -0.25) is 4.79 Å². The highest BCUT2D eigenvalue weighted by Crippen LogP contribution is 2.32. The molecule has 1 saturated carbocycles. The van der Waals surface area contributed by atoms with Gasteiger partial charge < -0.3 is 9.88 Å². The maximum atomic E-state index is 12.1. The molecule has 1 aliphatic carbocycles. The van der Waals surface area contributed by atoms with Crippen LogP contribution in [-0.2, 0) is 7.05 Å². The molecule has 0 aliphatic heterocycles. The van der Waals surface area contributed by atoms with Crippen LogP contribution in [0.25, 0.3) is 0 Å². The third-order valence-electron chi connectivity index (χ3n) is 3.62. The van der Waals surface area contributed by atoms with Crippen LogP contribution in [-0.4, -0.2) is 37.1 Å². The molecule has 2 heterocycles. The van der Waals surface area contributed by atoms with Gasteiger partial charge in [-0.25, -0.2) is 0 Å². The number of rotatable bonds is 3. The van der Waals surface area contributed by atoms with Crippen LogP contribution in [0.5, 0.6) is 0 Å². The van der Waals surface area contributed by atoms with Gasteiger partial charge in [0.2, 0.25) is 0 Å². The first-order valence-electron chi connectivity index (χ1n) is 6.40. The van der Waals surface area contributed by atoms with Crippen molar-refractivity contribution in [3.05, 3.63) is 29.8 Å². The first-order valence-corrected chi connectivity index (χ1v) is 6.40. The highest BCUT2D eigenvalue weighted by Gasteiger charge is 2.32. The number of carbonyl (C=O) groups is 1. The summed E-state index contributed by atoms with van der Waals surface area (Å²) in [5.41, 5.74) is 0.682. The molecule has 2 aromatic rings. The van der Waals surface area contributed by atoms with E-state index in [1.807, 2.05) is 30.1 Å². The van der Waals surface area contributed by atoms with Gasteiger partial charge in [-0.15, -0.1) is 10.2 Å². The van der Waals surface area contributed by atoms with Gasteiger partial charge in [-0.05, 0) is 18.9 Å². The minimum atomic E-state index is -0.0407. The fourth-order valence-electron chi connectivity index (χ4n) is 2.66. The van der Waals surface area contributed by atoms with E-state index < -0.39 is 0 Å². The van der Waals surface area contributed by atoms with E-state index in [-0.39, 0.29) is 17.9 Å². The van der Waals surface area contributed by atoms with Crippen molar-refractivity contribution in [2.24, 2.45) is 7.05 Å². The number of amides is 1. The maximum Gasteiger partial charge on any atom is 0.253 e. The van der Waals surface area contributed by atoms with E-state index in [0.717, 1.165) is 19.3 Å². The molecule has 7 nitrogen and oxygen atoms in total. The van der Waals surface area contributed by atoms with Crippen molar-refractivity contribution < 1.29 is 4.79 Å². The molecule has 0 saturated heterocycles. The quantitative estimate of drug-likeness (QED) is 0.846. The van der Waals surface area contributed by atoms with Gasteiger partial charge in [-0.1, -0.05) is 11.6 Å². The number of nitrogens with zero attached hydrogens (tertiary/aromatic N) is 4. The number of hydrogen-bond acceptors (Lipinski definition) is 4. The fourth-order valence-corrected chi connectivity index (χ4v) is 2.66. The molecule has 100 valence electrons. The number of aromatic nitrogens is 5. The van der Waals surface area contributed by atoms with E-state index >= 15 is 0 Å². The summed E-state index contributed by atoms with van der Waals surface area (Å²) >= 11 is 0. The second-order valence-electron chi connectivity index (χ2n) is 4.95. The zero-order valence-electron chi connectivity index (χ0n) is 10.7. The van der Waals surface area contributed by atoms with Gasteiger partial charge in [0, 0.05) is 31.4 Å². The van der Waals surface area contributed by atoms with Gasteiger partial charge in [0.05, 0.1) is 5.56 Å². The molecular formula is C12H16N6O. The summed E-state index contributed by atoms with van der Waals surface area (Å²) in [5.74, 6) is 0.809. The van der Waals surface area contributed by atoms with Crippen molar-refractivity contribution in [3.63, 3.8) is 0 Å². The molecule has 7 heteroatoms. The van der Waals surface area contributed by atoms with Crippen LogP contribution < -0.4 is 5.32 Å². The zero-order chi connectivity index (χ0) is 13.2. The lowest BCUT2D eigenvalue weighted by atomic mass is 10.0. The van der Waals surface area contributed by atoms with Gasteiger partial charge in [-0.2, -0.15) is 5.21 Å². The van der Waals surface area contributed by atoms with E-state index in [4.69, 9.17) is 0 Å². The monoisotopic (exact) mass is 260 g/mol. The van der Waals surface area contributed by atoms with Crippen molar-refractivity contribution in [3.8, 4) is 0 Å². The second-order valence-corrected chi connectivity index (χ2v) is 4.95. The van der Waals surface area contributed by atoms with Crippen molar-refractivity contribution >= 4 is 5.91 Å². The fraction of sp³-hybridized carbons (Fsp3) is 0.500. The maximum absolute atomic E-state index is 12.1. The van der Waals surface area contributed by atoms with Gasteiger partial charge >= 0.3 is 0 Å². The van der Waals surface area contributed by atoms with E-state index in [1.165, 1.54) is 0 Å². The van der Waals surface area contributed by atoms with E-state index in [1.54, 1.807) is 0 Å². The molecule has 0 spiro atoms. The lowest BCUT2D eigenvalue weighted by Crippen LogP contribution is -2.36. The number of aromatic amines is 1. The van der Waals surface area contributed by atoms with Crippen LogP contribution in [0, 0.1) is 0 Å². The number of tetrazole rings is 1. The summed E-state index contributed by atoms with van der Waals surface area (Å²) in [5, 5.41) is 17.2. The average Bonchev–Trinajstić information content (AvgIpc) is 3.07. The minimum Gasteiger partial charge on any atom is -0.356 e. The van der Waals surface area contributed by atoms with Crippen LogP contribution >= 0.6 is 0 Å². The molecule has 19 heavy (non-hydrogen) atoms. The standard InChI is InChI=1S/C12H16N6O/c1-18-6-5-8(7-18)12(19)13-10-4-2-3-9(10)11-14-16-17-15-11/h5-7,9-10H,2-4H2,1H3,(H,13,19)(H,14,15,16,17). The molecule has 0 bridgehead atoms. The molecule has 2 unspecified atom stereocenters. The third-order valence-corrected chi connectivity index (χ3v) is 3.62. The van der Waals surface area contributed by atoms with E-state index in [9.17, 15) is 4.79 Å². The van der Waals surface area contributed by atoms with E-state index in [2.05, 4.69) is 25.9 Å². The summed E-state index contributed by atoms with van der Waals surface area (Å²) in [4.78, 5) is 12.1. The molecular weight excluding hydrogens is 244 g/mol. The summed E-state index contributed by atoms with van der Waals surface area (Å²) in [6.07, 6.45) is 6.68. The van der Waals surface area contributed by atoms with Crippen molar-refractivity contribution in [2.75, 3.05) is 0 Å². The number of aryl methyl sites for hydroxylation is 1. The van der Waals surface area contributed by atoms with Crippen LogP contribution in [0.4, 0.5) is 0 Å². The number of nitrogens with one attached hydrogen (secondary N) is 2. The minimum absolute atomic E-state index is 0.0407. The first kappa shape index (κ1) is 11.9. The largest absolute Gasteiger partial charge is 0.356 e. The van der Waals surface area contributed by atoms with E-state index in [0.29, 0.717) is 11.4 Å². The Hall–Kier alpha value is -2.18. The number of hydrogen-bond donors (Lipinski definition) is 2. The van der Waals surface area contributed by atoms with Crippen LogP contribution in [0.3, 0.4) is 0 Å². The van der Waals surface area contributed by atoms with Gasteiger partial charge in [0.25, 0.3) is 5.91 Å². The van der Waals surface area contributed by atoms with Crippen LogP contribution in [0.15, 0.2) is 18.5 Å². The number of H-pyrrole nitrogens is 1. The highest BCUT2D eigenvalue weighted by atomic mass is 16.1. The summed E-state index contributed by atoms with van der Waals surface area (Å²) in [6, 6.07) is 1.90. The normalized spacial score (nSPS) is 22.6. The molecule has 1 fully saturated rings. The topological polar surface area (TPSA) is 88.5 Å². The van der Waals surface area contributed by atoms with Crippen molar-refractivity contribution in [2.45, 2.75) is 31.2 Å². The Balaban J connectivity index is 1.70. The predicted octanol–water partition coefficient (Wildman–Crippen LogP) is 0.604. The Morgan fingerprint density at radius 2 is 2.42 bits per heavy atom. The number of carbonyl (C=O) groups excluding carboxylic acids is 1. The van der Waals surface area contributed by atoms with Crippen LogP contribution in [0.1, 0.15) is 41.4 Å². The Morgan fingerprint density at radius 3 is 3.11 bits per heavy atom. The summed E-state index contributed by atoms with van der Waals surface area (Å²) in [6.45, 7) is 0. The first-order chi connectivity index (χ1) is 9.24. The zero-order valence-corrected chi connectivity index (χ0v) is 10.7. The lowest BCUT2D eigenvalue weighted by Gasteiger charge is -2.17. The van der Waals surface area contributed by atoms with Crippen LogP contribution in [0.2, 0.25) is 0 Å². The Bertz CT molecular complexity index is 561. The van der Waals surface area contributed by atoms with Gasteiger partial charge in [0.15, 0.2) is 5.82 Å². The lowest BCUT2D eigenvalue weighted by molar-refractivity contribution is 0.0934. The molecule has 1 amide bonds. The molecule has 1 aliphatic rings. The SMILES string of the molecule is Cn1ccc(C(=O)NC2CCCC2c2nn[nH]n2)c1. The molecule has 0 aromatic carbocycles. The van der Waals surface area contributed by atoms with Crippen molar-refractivity contribution in [1.29, 1.82) is 0 Å². The third kappa shape index (κ3) is 2.35. The highest BCUT2D eigenvalue weighted by molar-refractivity contribution is 5.94. The Kier molecular flexibility index (Phi) is 3.02.